The molecule has 0 unspecified atom stereocenters. The number of carbonyl (C=O) groups excluding carboxylic acids is 2. The van der Waals surface area contributed by atoms with Crippen molar-refractivity contribution in [2.75, 3.05) is 0 Å². The second-order valence-electron chi connectivity index (χ2n) is 8.38. The minimum Gasteiger partial charge on any atom is -0.449 e. The molecule has 0 aliphatic heterocycles. The number of carbonyl (C=O) groups is 2. The van der Waals surface area contributed by atoms with Crippen LogP contribution in [0.1, 0.15) is 63.0 Å². The Balaban J connectivity index is 1.72. The Morgan fingerprint density at radius 1 is 1.30 bits per heavy atom. The summed E-state index contributed by atoms with van der Waals surface area (Å²) in [6.07, 6.45) is 2.33. The van der Waals surface area contributed by atoms with E-state index in [4.69, 9.17) is 4.74 Å². The molecular weight excluding hydrogens is 382 g/mol. The Morgan fingerprint density at radius 2 is 2.03 bits per heavy atom. The molecule has 0 bridgehead atoms. The van der Waals surface area contributed by atoms with Gasteiger partial charge in [0.1, 0.15) is 5.69 Å². The van der Waals surface area contributed by atoms with E-state index in [1.807, 2.05) is 6.92 Å². The van der Waals surface area contributed by atoms with Gasteiger partial charge in [0.05, 0.1) is 16.6 Å². The minimum absolute atomic E-state index is 0.112. The van der Waals surface area contributed by atoms with E-state index >= 15 is 0 Å². The predicted molar refractivity (Wildman–Crippen MR) is 115 cm³/mol. The zero-order chi connectivity index (χ0) is 22.0. The molecule has 4 atom stereocenters. The molecule has 0 saturated heterocycles. The highest BCUT2D eigenvalue weighted by atomic mass is 16.5. The third-order valence-corrected chi connectivity index (χ3v) is 6.35. The topological polar surface area (TPSA) is 90.3 Å². The van der Waals surface area contributed by atoms with Crippen molar-refractivity contribution < 1.29 is 14.3 Å². The molecule has 1 amide bonds. The number of fused-ring (bicyclic) bond motifs is 1. The van der Waals surface area contributed by atoms with Gasteiger partial charge in [-0.25, -0.2) is 9.78 Å². The van der Waals surface area contributed by atoms with Crippen LogP contribution in [0.3, 0.4) is 0 Å². The largest absolute Gasteiger partial charge is 0.449 e. The third kappa shape index (κ3) is 4.40. The molecule has 3 rings (SSSR count). The van der Waals surface area contributed by atoms with Gasteiger partial charge < -0.3 is 14.6 Å². The molecule has 162 valence electrons. The Kier molecular flexibility index (Phi) is 6.58. The molecule has 2 aromatic rings. The van der Waals surface area contributed by atoms with Crippen LogP contribution in [-0.2, 0) is 16.1 Å². The normalized spacial score (nSPS) is 22.5. The van der Waals surface area contributed by atoms with Crippen LogP contribution in [0.25, 0.3) is 11.0 Å². The van der Waals surface area contributed by atoms with Crippen LogP contribution in [-0.4, -0.2) is 33.6 Å². The van der Waals surface area contributed by atoms with Crippen LogP contribution in [0.15, 0.2) is 23.0 Å². The zero-order valence-corrected chi connectivity index (χ0v) is 18.4. The lowest BCUT2D eigenvalue weighted by Crippen LogP contribution is -2.47. The van der Waals surface area contributed by atoms with E-state index in [1.54, 1.807) is 36.6 Å². The van der Waals surface area contributed by atoms with Gasteiger partial charge in [-0.15, -0.1) is 0 Å². The maximum atomic E-state index is 12.6. The van der Waals surface area contributed by atoms with Crippen LogP contribution < -0.4 is 10.9 Å². The average molecular weight is 414 g/mol. The van der Waals surface area contributed by atoms with Gasteiger partial charge in [0.25, 0.3) is 11.5 Å². The molecule has 7 nitrogen and oxygen atoms in total. The van der Waals surface area contributed by atoms with Crippen LogP contribution in [0, 0.1) is 18.8 Å². The first kappa shape index (κ1) is 22.0. The number of hydrogen-bond donors (Lipinski definition) is 1. The van der Waals surface area contributed by atoms with Crippen LogP contribution in [0.2, 0.25) is 0 Å². The van der Waals surface area contributed by atoms with Crippen molar-refractivity contribution in [3.05, 3.63) is 39.8 Å². The van der Waals surface area contributed by atoms with Gasteiger partial charge in [-0.3, -0.25) is 9.59 Å². The quantitative estimate of drug-likeness (QED) is 0.760. The fourth-order valence-electron chi connectivity index (χ4n) is 4.18. The van der Waals surface area contributed by atoms with Crippen molar-refractivity contribution in [1.29, 1.82) is 0 Å². The number of hydrogen-bond acceptors (Lipinski definition) is 5. The van der Waals surface area contributed by atoms with Gasteiger partial charge >= 0.3 is 5.97 Å². The Morgan fingerprint density at radius 3 is 2.73 bits per heavy atom. The molecule has 1 heterocycles. The van der Waals surface area contributed by atoms with Crippen molar-refractivity contribution in [2.24, 2.45) is 11.8 Å². The number of amides is 1. The van der Waals surface area contributed by atoms with Crippen LogP contribution in [0.5, 0.6) is 0 Å². The maximum Gasteiger partial charge on any atom is 0.338 e. The summed E-state index contributed by atoms with van der Waals surface area (Å²) >= 11 is 0. The van der Waals surface area contributed by atoms with Gasteiger partial charge in [0.2, 0.25) is 0 Å². The number of nitrogens with one attached hydrogen (secondary N) is 1. The highest BCUT2D eigenvalue weighted by Crippen LogP contribution is 2.29. The monoisotopic (exact) mass is 413 g/mol. The lowest BCUT2D eigenvalue weighted by Gasteiger charge is -2.35. The summed E-state index contributed by atoms with van der Waals surface area (Å²) < 4.78 is 7.03. The first-order chi connectivity index (χ1) is 14.2. The number of esters is 1. The van der Waals surface area contributed by atoms with Crippen molar-refractivity contribution in [3.63, 3.8) is 0 Å². The summed E-state index contributed by atoms with van der Waals surface area (Å²) in [6, 6.07) is 5.01. The third-order valence-electron chi connectivity index (χ3n) is 6.35. The highest BCUT2D eigenvalue weighted by Gasteiger charge is 2.30. The van der Waals surface area contributed by atoms with E-state index in [0.29, 0.717) is 40.7 Å². The lowest BCUT2D eigenvalue weighted by molar-refractivity contribution is -0.130. The summed E-state index contributed by atoms with van der Waals surface area (Å²) in [4.78, 5) is 41.7. The molecule has 0 spiro atoms. The first-order valence-electron chi connectivity index (χ1n) is 10.8. The Hall–Kier alpha value is -2.70. The molecule has 1 saturated carbocycles. The Labute approximate surface area is 176 Å². The Bertz CT molecular complexity index is 1010. The van der Waals surface area contributed by atoms with Gasteiger partial charge in [-0.1, -0.05) is 26.7 Å². The average Bonchev–Trinajstić information content (AvgIpc) is 2.72. The number of benzene rings is 1. The van der Waals surface area contributed by atoms with E-state index in [2.05, 4.69) is 24.1 Å². The van der Waals surface area contributed by atoms with E-state index in [-0.39, 0.29) is 17.5 Å². The van der Waals surface area contributed by atoms with Gasteiger partial charge in [0.15, 0.2) is 6.10 Å². The summed E-state index contributed by atoms with van der Waals surface area (Å²) in [6.45, 7) is 10.0. The van der Waals surface area contributed by atoms with E-state index in [9.17, 15) is 14.4 Å². The van der Waals surface area contributed by atoms with Gasteiger partial charge in [-0.2, -0.15) is 0 Å². The molecule has 7 heteroatoms. The molecule has 1 aromatic heterocycles. The number of aromatic nitrogens is 2. The predicted octanol–water partition coefficient (Wildman–Crippen LogP) is 3.21. The maximum absolute atomic E-state index is 12.6. The molecule has 0 radical (unpaired) electrons. The fourth-order valence-corrected chi connectivity index (χ4v) is 4.18. The number of nitrogens with zero attached hydrogens (tertiary/aromatic N) is 2. The van der Waals surface area contributed by atoms with Crippen LogP contribution in [0.4, 0.5) is 0 Å². The molecule has 1 fully saturated rings. The molecular formula is C23H31N3O4. The first-order valence-corrected chi connectivity index (χ1v) is 10.8. The van der Waals surface area contributed by atoms with Gasteiger partial charge in [0, 0.05) is 12.6 Å². The van der Waals surface area contributed by atoms with Crippen molar-refractivity contribution in [1.82, 2.24) is 14.9 Å². The molecule has 1 N–H and O–H groups in total. The second-order valence-corrected chi connectivity index (χ2v) is 8.38. The standard InChI is InChI=1S/C23H31N3O4/c1-6-26-20-11-10-17(12-19(20)24-15(4)22(26)28)23(29)30-16(5)21(27)25-18-9-7-8-13(2)14(18)3/h10-14,16,18H,6-9H2,1-5H3,(H,25,27)/t13-,14-,16-,18-/m0/s1. The molecule has 1 aliphatic carbocycles. The fraction of sp³-hybridized carbons (Fsp3) is 0.565. The van der Waals surface area contributed by atoms with Crippen molar-refractivity contribution in [2.45, 2.75) is 72.6 Å². The number of rotatable bonds is 5. The van der Waals surface area contributed by atoms with Crippen LogP contribution >= 0.6 is 0 Å². The number of ether oxygens (including phenoxy) is 1. The van der Waals surface area contributed by atoms with E-state index < -0.39 is 12.1 Å². The lowest BCUT2D eigenvalue weighted by atomic mass is 9.78. The zero-order valence-electron chi connectivity index (χ0n) is 18.4. The molecule has 30 heavy (non-hydrogen) atoms. The SMILES string of the molecule is CCn1c(=O)c(C)nc2cc(C(=O)O[C@@H](C)C(=O)N[C@H]3CCC[C@H](C)[C@@H]3C)ccc21. The minimum atomic E-state index is -0.892. The van der Waals surface area contributed by atoms with Crippen molar-refractivity contribution >= 4 is 22.9 Å². The summed E-state index contributed by atoms with van der Waals surface area (Å²) in [5.41, 5.74) is 1.74. The van der Waals surface area contributed by atoms with E-state index in [0.717, 1.165) is 12.8 Å². The molecule has 1 aliphatic rings. The second kappa shape index (κ2) is 8.98. The highest BCUT2D eigenvalue weighted by molar-refractivity contribution is 5.95. The van der Waals surface area contributed by atoms with E-state index in [1.165, 1.54) is 6.42 Å². The summed E-state index contributed by atoms with van der Waals surface area (Å²) in [5.74, 6) is 0.106. The summed E-state index contributed by atoms with van der Waals surface area (Å²) in [7, 11) is 0. The number of aryl methyl sites for hydroxylation is 2. The van der Waals surface area contributed by atoms with Gasteiger partial charge in [-0.05, 0) is 57.2 Å². The smallest absolute Gasteiger partial charge is 0.338 e. The summed E-state index contributed by atoms with van der Waals surface area (Å²) in [5, 5.41) is 3.05. The van der Waals surface area contributed by atoms with Crippen molar-refractivity contribution in [3.8, 4) is 0 Å². The molecule has 1 aromatic carbocycles.